The SMILES string of the molecule is C[C@]1(O)CCN2c3ccc(-c4cc(F)cc(OC(F)F)c4)cc3N(S(=O)(=O)c3cccc(C(F)(F)F)c3)C[C@@H]2C1. The number of halogens is 6. The van der Waals surface area contributed by atoms with E-state index in [0.717, 1.165) is 34.6 Å². The lowest BCUT2D eigenvalue weighted by Crippen LogP contribution is -2.57. The van der Waals surface area contributed by atoms with Crippen LogP contribution in [0.5, 0.6) is 5.75 Å². The highest BCUT2D eigenvalue weighted by Crippen LogP contribution is 2.45. The van der Waals surface area contributed by atoms with Crippen LogP contribution in [0.2, 0.25) is 0 Å². The number of piperidine rings is 1. The highest BCUT2D eigenvalue weighted by atomic mass is 32.2. The Morgan fingerprint density at radius 3 is 2.48 bits per heavy atom. The van der Waals surface area contributed by atoms with Crippen LogP contribution in [-0.4, -0.2) is 44.9 Å². The Hall–Kier alpha value is -3.45. The third kappa shape index (κ3) is 5.44. The van der Waals surface area contributed by atoms with E-state index in [4.69, 9.17) is 0 Å². The molecule has 0 unspecified atom stereocenters. The van der Waals surface area contributed by atoms with E-state index in [-0.39, 0.29) is 29.8 Å². The molecule has 1 saturated heterocycles. The second kappa shape index (κ2) is 9.88. The van der Waals surface area contributed by atoms with Crippen molar-refractivity contribution in [2.45, 2.75) is 49.1 Å². The number of aliphatic hydroxyl groups is 1. The van der Waals surface area contributed by atoms with E-state index in [2.05, 4.69) is 4.74 Å². The van der Waals surface area contributed by atoms with Gasteiger partial charge in [-0.1, -0.05) is 12.1 Å². The van der Waals surface area contributed by atoms with E-state index in [9.17, 15) is 39.9 Å². The van der Waals surface area contributed by atoms with Gasteiger partial charge in [-0.25, -0.2) is 12.8 Å². The molecule has 0 bridgehead atoms. The number of alkyl halides is 5. The monoisotopic (exact) mass is 586 g/mol. The number of nitrogens with zero attached hydrogens (tertiary/aromatic N) is 2. The number of anilines is 2. The maximum Gasteiger partial charge on any atom is 0.416 e. The van der Waals surface area contributed by atoms with Gasteiger partial charge in [-0.3, -0.25) is 4.31 Å². The van der Waals surface area contributed by atoms with Crippen molar-refractivity contribution in [1.29, 1.82) is 0 Å². The lowest BCUT2D eigenvalue weighted by Gasteiger charge is -2.49. The van der Waals surface area contributed by atoms with Crippen molar-refractivity contribution in [3.63, 3.8) is 0 Å². The molecule has 2 atom stereocenters. The first-order valence-corrected chi connectivity index (χ1v) is 13.7. The Labute approximate surface area is 226 Å². The molecular weight excluding hydrogens is 562 g/mol. The number of hydrogen-bond acceptors (Lipinski definition) is 5. The lowest BCUT2D eigenvalue weighted by atomic mass is 9.86. The van der Waals surface area contributed by atoms with E-state index in [1.54, 1.807) is 19.1 Å². The van der Waals surface area contributed by atoms with Crippen molar-refractivity contribution in [2.24, 2.45) is 0 Å². The normalized spacial score (nSPS) is 21.3. The van der Waals surface area contributed by atoms with Gasteiger partial charge in [0, 0.05) is 12.6 Å². The van der Waals surface area contributed by atoms with Gasteiger partial charge in [0.25, 0.3) is 10.0 Å². The fourth-order valence-corrected chi connectivity index (χ4v) is 6.82. The van der Waals surface area contributed by atoms with E-state index in [1.165, 1.54) is 12.1 Å². The van der Waals surface area contributed by atoms with Gasteiger partial charge in [0.2, 0.25) is 0 Å². The third-order valence-corrected chi connectivity index (χ3v) is 8.89. The highest BCUT2D eigenvalue weighted by Gasteiger charge is 2.43. The van der Waals surface area contributed by atoms with Gasteiger partial charge >= 0.3 is 12.8 Å². The van der Waals surface area contributed by atoms with Gasteiger partial charge in [-0.2, -0.15) is 22.0 Å². The second-order valence-electron chi connectivity index (χ2n) is 10.1. The van der Waals surface area contributed by atoms with Crippen LogP contribution in [0.25, 0.3) is 11.1 Å². The van der Waals surface area contributed by atoms with Crippen molar-refractivity contribution in [3.8, 4) is 16.9 Å². The lowest BCUT2D eigenvalue weighted by molar-refractivity contribution is -0.137. The van der Waals surface area contributed by atoms with Gasteiger partial charge in [0.1, 0.15) is 11.6 Å². The molecule has 0 amide bonds. The molecular formula is C27H24F6N2O4S. The molecule has 3 aromatic carbocycles. The van der Waals surface area contributed by atoms with E-state index >= 15 is 0 Å². The molecule has 2 aliphatic rings. The summed E-state index contributed by atoms with van der Waals surface area (Å²) in [6.07, 6.45) is -4.17. The predicted molar refractivity (Wildman–Crippen MR) is 135 cm³/mol. The first-order chi connectivity index (χ1) is 18.6. The number of sulfonamides is 1. The molecule has 2 heterocycles. The van der Waals surface area contributed by atoms with Crippen molar-refractivity contribution < 1.29 is 44.6 Å². The van der Waals surface area contributed by atoms with Crippen molar-refractivity contribution >= 4 is 21.4 Å². The third-order valence-electron chi connectivity index (χ3n) is 7.12. The average Bonchev–Trinajstić information content (AvgIpc) is 2.86. The molecule has 0 aromatic heterocycles. The maximum atomic E-state index is 14.3. The second-order valence-corrected chi connectivity index (χ2v) is 12.0. The van der Waals surface area contributed by atoms with Gasteiger partial charge in [-0.05, 0) is 73.4 Å². The zero-order valence-corrected chi connectivity index (χ0v) is 21.8. The summed E-state index contributed by atoms with van der Waals surface area (Å²) in [6, 6.07) is 10.5. The van der Waals surface area contributed by atoms with Gasteiger partial charge in [0.15, 0.2) is 0 Å². The quantitative estimate of drug-likeness (QED) is 0.369. The van der Waals surface area contributed by atoms with Crippen molar-refractivity contribution in [1.82, 2.24) is 0 Å². The summed E-state index contributed by atoms with van der Waals surface area (Å²) in [6.45, 7) is -1.35. The maximum absolute atomic E-state index is 14.3. The molecule has 1 fully saturated rings. The standard InChI is InChI=1S/C27H24F6N2O4S/c1-26(36)7-8-34-20(14-26)15-35(40(37,38)22-4-2-3-18(12-22)27(31,32)33)24-11-16(5-6-23(24)34)17-9-19(28)13-21(10-17)39-25(29)30/h2-6,9-13,20,25,36H,7-8,14-15H2,1H3/t20-,26-/m0/s1. The van der Waals surface area contributed by atoms with Crippen LogP contribution >= 0.6 is 0 Å². The largest absolute Gasteiger partial charge is 0.435 e. The molecule has 40 heavy (non-hydrogen) atoms. The average molecular weight is 587 g/mol. The zero-order valence-electron chi connectivity index (χ0n) is 21.0. The van der Waals surface area contributed by atoms with Crippen LogP contribution in [0.15, 0.2) is 65.6 Å². The highest BCUT2D eigenvalue weighted by molar-refractivity contribution is 7.92. The predicted octanol–water partition coefficient (Wildman–Crippen LogP) is 6.04. The Balaban J connectivity index is 1.65. The Morgan fingerprint density at radius 1 is 1.02 bits per heavy atom. The molecule has 2 aliphatic heterocycles. The first kappa shape index (κ1) is 28.1. The van der Waals surface area contributed by atoms with Crippen LogP contribution in [0.4, 0.5) is 37.7 Å². The van der Waals surface area contributed by atoms with E-state index in [0.29, 0.717) is 24.7 Å². The number of rotatable bonds is 5. The molecule has 5 rings (SSSR count). The molecule has 0 radical (unpaired) electrons. The summed E-state index contributed by atoms with van der Waals surface area (Å²) in [4.78, 5) is 1.35. The fourth-order valence-electron chi connectivity index (χ4n) is 5.27. The Bertz CT molecular complexity index is 1540. The molecule has 0 aliphatic carbocycles. The van der Waals surface area contributed by atoms with Crippen LogP contribution in [-0.2, 0) is 16.2 Å². The van der Waals surface area contributed by atoms with Crippen LogP contribution in [0.3, 0.4) is 0 Å². The summed E-state index contributed by atoms with van der Waals surface area (Å²) in [5, 5.41) is 10.7. The number of fused-ring (bicyclic) bond motifs is 3. The molecule has 0 saturated carbocycles. The van der Waals surface area contributed by atoms with Crippen LogP contribution < -0.4 is 13.9 Å². The minimum atomic E-state index is -4.77. The smallest absolute Gasteiger partial charge is 0.416 e. The van der Waals surface area contributed by atoms with Crippen molar-refractivity contribution in [3.05, 3.63) is 72.0 Å². The minimum absolute atomic E-state index is 0.119. The molecule has 214 valence electrons. The van der Waals surface area contributed by atoms with E-state index < -0.39 is 56.5 Å². The molecule has 1 N–H and O–H groups in total. The topological polar surface area (TPSA) is 70.1 Å². The molecule has 6 nitrogen and oxygen atoms in total. The minimum Gasteiger partial charge on any atom is -0.435 e. The summed E-state index contributed by atoms with van der Waals surface area (Å²) in [5.41, 5.74) is -1.25. The Kier molecular flexibility index (Phi) is 6.94. The first-order valence-electron chi connectivity index (χ1n) is 12.2. The van der Waals surface area contributed by atoms with Gasteiger partial charge < -0.3 is 14.7 Å². The molecule has 13 heteroatoms. The summed E-state index contributed by atoms with van der Waals surface area (Å²) in [7, 11) is -4.55. The summed E-state index contributed by atoms with van der Waals surface area (Å²) < 4.78 is 113. The summed E-state index contributed by atoms with van der Waals surface area (Å²) >= 11 is 0. The van der Waals surface area contributed by atoms with Gasteiger partial charge in [0.05, 0.1) is 40.0 Å². The van der Waals surface area contributed by atoms with Gasteiger partial charge in [-0.15, -0.1) is 0 Å². The zero-order chi connectivity index (χ0) is 29.0. The molecule has 0 spiro atoms. The van der Waals surface area contributed by atoms with Crippen molar-refractivity contribution in [2.75, 3.05) is 22.3 Å². The number of hydrogen-bond donors (Lipinski definition) is 1. The fraction of sp³-hybridized carbons (Fsp3) is 0.333. The van der Waals surface area contributed by atoms with E-state index in [1.807, 2.05) is 4.90 Å². The Morgan fingerprint density at radius 2 is 1.77 bits per heavy atom. The molecule has 3 aromatic rings. The van der Waals surface area contributed by atoms with Crippen LogP contribution in [0, 0.1) is 5.82 Å². The number of benzene rings is 3. The van der Waals surface area contributed by atoms with Crippen LogP contribution in [0.1, 0.15) is 25.3 Å². The summed E-state index contributed by atoms with van der Waals surface area (Å²) in [5.74, 6) is -1.30. The number of ether oxygens (including phenoxy) is 1.